The molecule has 1 rings (SSSR count). The van der Waals surface area contributed by atoms with E-state index in [0.29, 0.717) is 12.1 Å². The van der Waals surface area contributed by atoms with Gasteiger partial charge in [-0.15, -0.1) is 0 Å². The first kappa shape index (κ1) is 11.0. The number of nitrogens with one attached hydrogen (secondary N) is 1. The van der Waals surface area contributed by atoms with Gasteiger partial charge in [-0.3, -0.25) is 0 Å². The maximum absolute atomic E-state index is 5.50. The van der Waals surface area contributed by atoms with Crippen molar-refractivity contribution in [2.24, 2.45) is 5.92 Å². The molecule has 78 valence electrons. The van der Waals surface area contributed by atoms with Gasteiger partial charge in [-0.2, -0.15) is 0 Å². The smallest absolute Gasteiger partial charge is 0.0561 e. The third-order valence-corrected chi connectivity index (χ3v) is 2.94. The molecule has 0 aromatic heterocycles. The van der Waals surface area contributed by atoms with Crippen LogP contribution in [0.4, 0.5) is 0 Å². The van der Waals surface area contributed by atoms with Crippen LogP contribution < -0.4 is 5.32 Å². The van der Waals surface area contributed by atoms with Crippen LogP contribution >= 0.6 is 0 Å². The molecule has 0 saturated carbocycles. The average Bonchev–Trinajstić information content (AvgIpc) is 2.14. The minimum atomic E-state index is 0.447. The summed E-state index contributed by atoms with van der Waals surface area (Å²) in [6.07, 6.45) is 4.08. The first-order chi connectivity index (χ1) is 6.22. The molecule has 1 fully saturated rings. The fourth-order valence-electron chi connectivity index (χ4n) is 1.70. The van der Waals surface area contributed by atoms with E-state index in [4.69, 9.17) is 4.74 Å². The Bertz CT molecular complexity index is 138. The largest absolute Gasteiger partial charge is 0.378 e. The van der Waals surface area contributed by atoms with E-state index >= 15 is 0 Å². The summed E-state index contributed by atoms with van der Waals surface area (Å²) in [5.41, 5.74) is 0. The van der Waals surface area contributed by atoms with Crippen molar-refractivity contribution in [3.8, 4) is 0 Å². The van der Waals surface area contributed by atoms with Gasteiger partial charge in [-0.05, 0) is 32.2 Å². The van der Waals surface area contributed by atoms with Gasteiger partial charge < -0.3 is 10.1 Å². The van der Waals surface area contributed by atoms with Crippen LogP contribution in [0.1, 0.15) is 40.0 Å². The Morgan fingerprint density at radius 3 is 2.92 bits per heavy atom. The molecule has 2 heteroatoms. The van der Waals surface area contributed by atoms with E-state index in [1.54, 1.807) is 0 Å². The van der Waals surface area contributed by atoms with Gasteiger partial charge in [0.2, 0.25) is 0 Å². The van der Waals surface area contributed by atoms with Crippen molar-refractivity contribution in [3.05, 3.63) is 0 Å². The molecule has 0 aromatic rings. The molecular weight excluding hydrogens is 162 g/mol. The Hall–Kier alpha value is -0.0800. The fourth-order valence-corrected chi connectivity index (χ4v) is 1.70. The summed E-state index contributed by atoms with van der Waals surface area (Å²) in [5, 5.41) is 3.62. The molecular formula is C11H23NO. The monoisotopic (exact) mass is 185 g/mol. The Kier molecular flexibility index (Phi) is 4.74. The summed E-state index contributed by atoms with van der Waals surface area (Å²) >= 11 is 0. The SMILES string of the molecule is CCC(C)CNC1CCOC(C)C1. The highest BCUT2D eigenvalue weighted by molar-refractivity contribution is 4.75. The summed E-state index contributed by atoms with van der Waals surface area (Å²) in [6, 6.07) is 0.692. The van der Waals surface area contributed by atoms with E-state index < -0.39 is 0 Å². The third kappa shape index (κ3) is 4.10. The quantitative estimate of drug-likeness (QED) is 0.725. The van der Waals surface area contributed by atoms with Gasteiger partial charge in [0.05, 0.1) is 6.10 Å². The fraction of sp³-hybridized carbons (Fsp3) is 1.00. The molecule has 13 heavy (non-hydrogen) atoms. The van der Waals surface area contributed by atoms with E-state index in [0.717, 1.165) is 19.1 Å². The first-order valence-electron chi connectivity index (χ1n) is 5.57. The molecule has 3 atom stereocenters. The van der Waals surface area contributed by atoms with Crippen molar-refractivity contribution in [2.45, 2.75) is 52.2 Å². The number of rotatable bonds is 4. The van der Waals surface area contributed by atoms with Gasteiger partial charge in [-0.25, -0.2) is 0 Å². The van der Waals surface area contributed by atoms with E-state index in [9.17, 15) is 0 Å². The lowest BCUT2D eigenvalue weighted by atomic mass is 10.0. The minimum Gasteiger partial charge on any atom is -0.378 e. The Labute approximate surface area is 82.0 Å². The first-order valence-corrected chi connectivity index (χ1v) is 5.57. The van der Waals surface area contributed by atoms with Crippen LogP contribution in [-0.2, 0) is 4.74 Å². The molecule has 0 amide bonds. The molecule has 1 aliphatic heterocycles. The third-order valence-electron chi connectivity index (χ3n) is 2.94. The van der Waals surface area contributed by atoms with Crippen LogP contribution in [0.5, 0.6) is 0 Å². The van der Waals surface area contributed by atoms with Crippen molar-refractivity contribution in [1.29, 1.82) is 0 Å². The topological polar surface area (TPSA) is 21.3 Å². The predicted octanol–water partition coefficient (Wildman–Crippen LogP) is 2.19. The highest BCUT2D eigenvalue weighted by Crippen LogP contribution is 2.13. The van der Waals surface area contributed by atoms with Gasteiger partial charge in [-0.1, -0.05) is 20.3 Å². The van der Waals surface area contributed by atoms with Crippen molar-refractivity contribution >= 4 is 0 Å². The lowest BCUT2D eigenvalue weighted by molar-refractivity contribution is 0.0128. The minimum absolute atomic E-state index is 0.447. The normalized spacial score (nSPS) is 31.6. The summed E-state index contributed by atoms with van der Waals surface area (Å²) in [4.78, 5) is 0. The standard InChI is InChI=1S/C11H23NO/c1-4-9(2)8-12-11-5-6-13-10(3)7-11/h9-12H,4-8H2,1-3H3. The highest BCUT2D eigenvalue weighted by Gasteiger charge is 2.18. The lowest BCUT2D eigenvalue weighted by Crippen LogP contribution is -2.39. The van der Waals surface area contributed by atoms with E-state index in [2.05, 4.69) is 26.1 Å². The molecule has 0 spiro atoms. The molecule has 0 radical (unpaired) electrons. The Morgan fingerprint density at radius 2 is 2.31 bits per heavy atom. The molecule has 1 N–H and O–H groups in total. The highest BCUT2D eigenvalue weighted by atomic mass is 16.5. The molecule has 3 unspecified atom stereocenters. The van der Waals surface area contributed by atoms with Crippen LogP contribution in [0.3, 0.4) is 0 Å². The van der Waals surface area contributed by atoms with Crippen LogP contribution in [0.2, 0.25) is 0 Å². The van der Waals surface area contributed by atoms with Gasteiger partial charge >= 0.3 is 0 Å². The number of hydrogen-bond donors (Lipinski definition) is 1. The Morgan fingerprint density at radius 1 is 1.54 bits per heavy atom. The van der Waals surface area contributed by atoms with Gasteiger partial charge in [0, 0.05) is 12.6 Å². The summed E-state index contributed by atoms with van der Waals surface area (Å²) in [7, 11) is 0. The van der Waals surface area contributed by atoms with Gasteiger partial charge in [0.25, 0.3) is 0 Å². The predicted molar refractivity (Wildman–Crippen MR) is 55.9 cm³/mol. The Balaban J connectivity index is 2.13. The van der Waals surface area contributed by atoms with Crippen molar-refractivity contribution in [1.82, 2.24) is 5.32 Å². The maximum Gasteiger partial charge on any atom is 0.0561 e. The van der Waals surface area contributed by atoms with Crippen LogP contribution in [-0.4, -0.2) is 25.3 Å². The van der Waals surface area contributed by atoms with Crippen LogP contribution in [0, 0.1) is 5.92 Å². The van der Waals surface area contributed by atoms with Crippen LogP contribution in [0.15, 0.2) is 0 Å². The second-order valence-electron chi connectivity index (χ2n) is 4.32. The zero-order valence-electron chi connectivity index (χ0n) is 9.18. The molecule has 0 aliphatic carbocycles. The molecule has 1 saturated heterocycles. The zero-order valence-corrected chi connectivity index (χ0v) is 9.18. The molecule has 0 bridgehead atoms. The molecule has 0 aromatic carbocycles. The van der Waals surface area contributed by atoms with Gasteiger partial charge in [0.15, 0.2) is 0 Å². The van der Waals surface area contributed by atoms with E-state index in [1.807, 2.05) is 0 Å². The van der Waals surface area contributed by atoms with Crippen molar-refractivity contribution < 1.29 is 4.74 Å². The van der Waals surface area contributed by atoms with E-state index in [1.165, 1.54) is 19.3 Å². The molecule has 1 aliphatic rings. The van der Waals surface area contributed by atoms with Crippen molar-refractivity contribution in [3.63, 3.8) is 0 Å². The number of ether oxygens (including phenoxy) is 1. The van der Waals surface area contributed by atoms with E-state index in [-0.39, 0.29) is 0 Å². The summed E-state index contributed by atoms with van der Waals surface area (Å²) in [5.74, 6) is 0.804. The van der Waals surface area contributed by atoms with Gasteiger partial charge in [0.1, 0.15) is 0 Å². The second-order valence-corrected chi connectivity index (χ2v) is 4.32. The summed E-state index contributed by atoms with van der Waals surface area (Å²) in [6.45, 7) is 8.80. The average molecular weight is 185 g/mol. The van der Waals surface area contributed by atoms with Crippen LogP contribution in [0.25, 0.3) is 0 Å². The number of hydrogen-bond acceptors (Lipinski definition) is 2. The maximum atomic E-state index is 5.50. The zero-order chi connectivity index (χ0) is 9.68. The molecule has 2 nitrogen and oxygen atoms in total. The van der Waals surface area contributed by atoms with Crippen molar-refractivity contribution in [2.75, 3.05) is 13.2 Å². The molecule has 1 heterocycles. The second kappa shape index (κ2) is 5.61. The summed E-state index contributed by atoms with van der Waals surface area (Å²) < 4.78 is 5.50. The lowest BCUT2D eigenvalue weighted by Gasteiger charge is -2.28.